The first-order valence-corrected chi connectivity index (χ1v) is 7.24. The van der Waals surface area contributed by atoms with Crippen molar-refractivity contribution in [2.75, 3.05) is 20.1 Å². The molecule has 19 heavy (non-hydrogen) atoms. The number of benzene rings is 1. The highest BCUT2D eigenvalue weighted by atomic mass is 19.1. The zero-order valence-electron chi connectivity index (χ0n) is 11.3. The molecule has 4 rings (SSSR count). The summed E-state index contributed by atoms with van der Waals surface area (Å²) in [4.78, 5) is 5.88. The predicted octanol–water partition coefficient (Wildman–Crippen LogP) is 3.21. The second kappa shape index (κ2) is 4.07. The van der Waals surface area contributed by atoms with Gasteiger partial charge in [0.2, 0.25) is 0 Å². The van der Waals surface area contributed by atoms with Gasteiger partial charge < -0.3 is 9.88 Å². The molecular formula is C16H19FN2. The van der Waals surface area contributed by atoms with Gasteiger partial charge in [-0.05, 0) is 55.5 Å². The number of aromatic nitrogens is 1. The van der Waals surface area contributed by atoms with Crippen LogP contribution in [-0.4, -0.2) is 30.0 Å². The maximum atomic E-state index is 14.2. The average molecular weight is 258 g/mol. The van der Waals surface area contributed by atoms with Gasteiger partial charge in [-0.2, -0.15) is 0 Å². The van der Waals surface area contributed by atoms with Crippen LogP contribution < -0.4 is 0 Å². The molecule has 0 atom stereocenters. The third-order valence-electron chi connectivity index (χ3n) is 4.62. The van der Waals surface area contributed by atoms with Crippen LogP contribution >= 0.6 is 0 Å². The van der Waals surface area contributed by atoms with Crippen LogP contribution in [0.1, 0.15) is 35.6 Å². The highest BCUT2D eigenvalue weighted by Gasteiger charge is 2.28. The first-order chi connectivity index (χ1) is 9.22. The Labute approximate surface area is 112 Å². The lowest BCUT2D eigenvalue weighted by Crippen LogP contribution is -2.21. The lowest BCUT2D eigenvalue weighted by Gasteiger charge is -2.11. The molecule has 2 aliphatic rings. The maximum absolute atomic E-state index is 14.2. The van der Waals surface area contributed by atoms with Crippen molar-refractivity contribution < 1.29 is 4.39 Å². The van der Waals surface area contributed by atoms with E-state index in [2.05, 4.69) is 23.0 Å². The minimum absolute atomic E-state index is 0.00518. The summed E-state index contributed by atoms with van der Waals surface area (Å²) in [5.74, 6) is 0.466. The van der Waals surface area contributed by atoms with E-state index in [1.165, 1.54) is 11.3 Å². The van der Waals surface area contributed by atoms with E-state index in [1.807, 2.05) is 0 Å². The minimum atomic E-state index is -0.00518. The lowest BCUT2D eigenvalue weighted by atomic mass is 10.0. The van der Waals surface area contributed by atoms with Crippen LogP contribution in [0, 0.1) is 5.82 Å². The molecule has 1 aromatic carbocycles. The fourth-order valence-corrected chi connectivity index (χ4v) is 3.27. The van der Waals surface area contributed by atoms with Gasteiger partial charge >= 0.3 is 0 Å². The van der Waals surface area contributed by atoms with Crippen LogP contribution in [0.15, 0.2) is 12.1 Å². The molecule has 1 aliphatic carbocycles. The number of halogens is 1. The molecule has 0 bridgehead atoms. The fourth-order valence-electron chi connectivity index (χ4n) is 3.27. The van der Waals surface area contributed by atoms with Gasteiger partial charge in [-0.1, -0.05) is 0 Å². The van der Waals surface area contributed by atoms with Crippen molar-refractivity contribution in [2.45, 2.75) is 31.6 Å². The van der Waals surface area contributed by atoms with Crippen molar-refractivity contribution in [1.82, 2.24) is 9.88 Å². The molecule has 2 heterocycles. The number of H-pyrrole nitrogens is 1. The molecule has 1 aromatic heterocycles. The maximum Gasteiger partial charge on any atom is 0.127 e. The number of likely N-dealkylation sites (N-methyl/N-ethyl adjacent to an activating group) is 1. The van der Waals surface area contributed by atoms with Crippen LogP contribution in [-0.2, 0) is 12.8 Å². The predicted molar refractivity (Wildman–Crippen MR) is 75.1 cm³/mol. The molecule has 1 fully saturated rings. The fraction of sp³-hybridized carbons (Fsp3) is 0.500. The summed E-state index contributed by atoms with van der Waals surface area (Å²) in [6.07, 6.45) is 4.36. The number of aromatic amines is 1. The van der Waals surface area contributed by atoms with E-state index in [9.17, 15) is 4.39 Å². The number of nitrogens with zero attached hydrogens (tertiary/aromatic N) is 1. The van der Waals surface area contributed by atoms with Gasteiger partial charge in [-0.3, -0.25) is 0 Å². The SMILES string of the molecule is CN1CCc2[nH]c3cc(C4CC4)c(F)cc3c2CC1. The van der Waals surface area contributed by atoms with E-state index in [1.54, 1.807) is 6.07 Å². The van der Waals surface area contributed by atoms with Crippen molar-refractivity contribution in [3.05, 3.63) is 34.8 Å². The molecule has 2 nitrogen and oxygen atoms in total. The summed E-state index contributed by atoms with van der Waals surface area (Å²) in [7, 11) is 2.15. The second-order valence-corrected chi connectivity index (χ2v) is 6.08. The Morgan fingerprint density at radius 2 is 2.00 bits per heavy atom. The van der Waals surface area contributed by atoms with E-state index in [-0.39, 0.29) is 5.82 Å². The Kier molecular flexibility index (Phi) is 2.46. The number of nitrogens with one attached hydrogen (secondary N) is 1. The summed E-state index contributed by atoms with van der Waals surface area (Å²) in [6, 6.07) is 3.82. The average Bonchev–Trinajstić information content (AvgIpc) is 3.18. The molecule has 0 unspecified atom stereocenters. The smallest absolute Gasteiger partial charge is 0.127 e. The molecule has 1 saturated carbocycles. The first-order valence-electron chi connectivity index (χ1n) is 7.24. The van der Waals surface area contributed by atoms with Crippen molar-refractivity contribution in [3.63, 3.8) is 0 Å². The summed E-state index contributed by atoms with van der Waals surface area (Å²) < 4.78 is 14.2. The molecular weight excluding hydrogens is 239 g/mol. The van der Waals surface area contributed by atoms with Gasteiger partial charge in [0.25, 0.3) is 0 Å². The van der Waals surface area contributed by atoms with Gasteiger partial charge in [-0.15, -0.1) is 0 Å². The van der Waals surface area contributed by atoms with Crippen LogP contribution in [0.5, 0.6) is 0 Å². The molecule has 3 heteroatoms. The van der Waals surface area contributed by atoms with Gasteiger partial charge in [0, 0.05) is 36.1 Å². The topological polar surface area (TPSA) is 19.0 Å². The molecule has 1 aliphatic heterocycles. The standard InChI is InChI=1S/C16H19FN2/c1-19-6-4-11-13-8-14(17)12(10-2-3-10)9-16(13)18-15(11)5-7-19/h8-10,18H,2-7H2,1H3. The number of fused-ring (bicyclic) bond motifs is 3. The Hall–Kier alpha value is -1.35. The zero-order chi connectivity index (χ0) is 13.0. The van der Waals surface area contributed by atoms with Crippen molar-refractivity contribution in [3.8, 4) is 0 Å². The number of rotatable bonds is 1. The van der Waals surface area contributed by atoms with Gasteiger partial charge in [-0.25, -0.2) is 4.39 Å². The Morgan fingerprint density at radius 1 is 1.21 bits per heavy atom. The lowest BCUT2D eigenvalue weighted by molar-refractivity contribution is 0.352. The van der Waals surface area contributed by atoms with E-state index in [4.69, 9.17) is 0 Å². The van der Waals surface area contributed by atoms with Gasteiger partial charge in [0.05, 0.1) is 0 Å². The Bertz CT molecular complexity index is 640. The summed E-state index contributed by atoms with van der Waals surface area (Å²) in [6.45, 7) is 2.14. The quantitative estimate of drug-likeness (QED) is 0.832. The third kappa shape index (κ3) is 1.88. The molecule has 0 saturated heterocycles. The first kappa shape index (κ1) is 11.5. The highest BCUT2D eigenvalue weighted by Crippen LogP contribution is 2.42. The number of hydrogen-bond acceptors (Lipinski definition) is 1. The van der Waals surface area contributed by atoms with Gasteiger partial charge in [0.1, 0.15) is 5.82 Å². The molecule has 0 amide bonds. The second-order valence-electron chi connectivity index (χ2n) is 6.08. The zero-order valence-corrected chi connectivity index (χ0v) is 11.3. The highest BCUT2D eigenvalue weighted by molar-refractivity contribution is 5.85. The van der Waals surface area contributed by atoms with E-state index in [0.717, 1.165) is 55.2 Å². The molecule has 0 spiro atoms. The van der Waals surface area contributed by atoms with Crippen LogP contribution in [0.4, 0.5) is 4.39 Å². The van der Waals surface area contributed by atoms with Crippen LogP contribution in [0.2, 0.25) is 0 Å². The normalized spacial score (nSPS) is 20.5. The van der Waals surface area contributed by atoms with E-state index < -0.39 is 0 Å². The Balaban J connectivity index is 1.85. The molecule has 100 valence electrons. The van der Waals surface area contributed by atoms with Gasteiger partial charge in [0.15, 0.2) is 0 Å². The van der Waals surface area contributed by atoms with Crippen molar-refractivity contribution >= 4 is 10.9 Å². The summed E-state index contributed by atoms with van der Waals surface area (Å²) >= 11 is 0. The largest absolute Gasteiger partial charge is 0.358 e. The molecule has 1 N–H and O–H groups in total. The monoisotopic (exact) mass is 258 g/mol. The van der Waals surface area contributed by atoms with Crippen LogP contribution in [0.25, 0.3) is 10.9 Å². The third-order valence-corrected chi connectivity index (χ3v) is 4.62. The molecule has 0 radical (unpaired) electrons. The molecule has 2 aromatic rings. The summed E-state index contributed by atoms with van der Waals surface area (Å²) in [5.41, 5.74) is 4.70. The van der Waals surface area contributed by atoms with Crippen molar-refractivity contribution in [2.24, 2.45) is 0 Å². The van der Waals surface area contributed by atoms with Crippen molar-refractivity contribution in [1.29, 1.82) is 0 Å². The van der Waals surface area contributed by atoms with Crippen LogP contribution in [0.3, 0.4) is 0 Å². The van der Waals surface area contributed by atoms with E-state index >= 15 is 0 Å². The number of hydrogen-bond donors (Lipinski definition) is 1. The minimum Gasteiger partial charge on any atom is -0.358 e. The Morgan fingerprint density at radius 3 is 2.79 bits per heavy atom. The summed E-state index contributed by atoms with van der Waals surface area (Å²) in [5, 5.41) is 1.10. The van der Waals surface area contributed by atoms with E-state index in [0.29, 0.717) is 5.92 Å².